The molecule has 0 saturated carbocycles. The summed E-state index contributed by atoms with van der Waals surface area (Å²) in [6, 6.07) is 18.1. The van der Waals surface area contributed by atoms with Gasteiger partial charge in [0.05, 0.1) is 10.7 Å². The Morgan fingerprint density at radius 3 is 2.76 bits per heavy atom. The smallest absolute Gasteiger partial charge is 0.331 e. The van der Waals surface area contributed by atoms with Crippen molar-refractivity contribution in [3.05, 3.63) is 75.4 Å². The number of terminal acetylenes is 1. The van der Waals surface area contributed by atoms with E-state index < -0.39 is 5.97 Å². The largest absolute Gasteiger partial charge is 0.493 e. The summed E-state index contributed by atoms with van der Waals surface area (Å²) in [7, 11) is 1.59. The van der Waals surface area contributed by atoms with Gasteiger partial charge < -0.3 is 14.2 Å². The fourth-order valence-electron chi connectivity index (χ4n) is 2.87. The standard InChI is InChI=1S/C24H19IO4/c1-3-13-28-23(26)12-11-17-14-21(25)24(22(15-17)27-2)29-16-19-9-6-8-18-7-4-5-10-20(18)19/h1,4-12,14-15H,13,16H2,2H3/b12-11+. The van der Waals surface area contributed by atoms with Crippen LogP contribution in [0.5, 0.6) is 11.5 Å². The third kappa shape index (κ3) is 5.30. The van der Waals surface area contributed by atoms with Gasteiger partial charge in [-0.15, -0.1) is 6.42 Å². The van der Waals surface area contributed by atoms with Crippen LogP contribution in [0.2, 0.25) is 0 Å². The topological polar surface area (TPSA) is 44.8 Å². The van der Waals surface area contributed by atoms with E-state index in [0.717, 1.165) is 20.1 Å². The lowest BCUT2D eigenvalue weighted by molar-refractivity contribution is -0.136. The number of halogens is 1. The van der Waals surface area contributed by atoms with Crippen LogP contribution in [-0.4, -0.2) is 19.7 Å². The molecule has 0 radical (unpaired) electrons. The Labute approximate surface area is 183 Å². The number of benzene rings is 3. The van der Waals surface area contributed by atoms with Crippen LogP contribution in [0.3, 0.4) is 0 Å². The highest BCUT2D eigenvalue weighted by molar-refractivity contribution is 14.1. The van der Waals surface area contributed by atoms with E-state index in [1.54, 1.807) is 13.2 Å². The second-order valence-electron chi connectivity index (χ2n) is 6.11. The summed E-state index contributed by atoms with van der Waals surface area (Å²) in [6.07, 6.45) is 8.06. The molecule has 146 valence electrons. The van der Waals surface area contributed by atoms with Crippen LogP contribution in [0.15, 0.2) is 60.7 Å². The fourth-order valence-corrected chi connectivity index (χ4v) is 3.65. The molecule has 0 bridgehead atoms. The van der Waals surface area contributed by atoms with E-state index in [0.29, 0.717) is 18.1 Å². The number of hydrogen-bond acceptors (Lipinski definition) is 4. The molecule has 0 spiro atoms. The monoisotopic (exact) mass is 498 g/mol. The van der Waals surface area contributed by atoms with Gasteiger partial charge in [-0.3, -0.25) is 0 Å². The first-order valence-electron chi connectivity index (χ1n) is 8.87. The SMILES string of the molecule is C#CCOC(=O)/C=C/c1cc(I)c(OCc2cccc3ccccc23)c(OC)c1. The van der Waals surface area contributed by atoms with Gasteiger partial charge in [0.2, 0.25) is 0 Å². The summed E-state index contributed by atoms with van der Waals surface area (Å²) in [5, 5.41) is 2.33. The third-order valence-corrected chi connectivity index (χ3v) is 5.01. The minimum absolute atomic E-state index is 0.0506. The molecular formula is C24H19IO4. The Kier molecular flexibility index (Phi) is 7.14. The van der Waals surface area contributed by atoms with Crippen molar-refractivity contribution in [2.45, 2.75) is 6.61 Å². The molecule has 0 aliphatic rings. The van der Waals surface area contributed by atoms with Crippen molar-refractivity contribution in [3.8, 4) is 23.8 Å². The maximum atomic E-state index is 11.6. The number of carbonyl (C=O) groups is 1. The lowest BCUT2D eigenvalue weighted by Crippen LogP contribution is -2.01. The molecule has 0 N–H and O–H groups in total. The van der Waals surface area contributed by atoms with E-state index in [-0.39, 0.29) is 6.61 Å². The van der Waals surface area contributed by atoms with E-state index in [1.165, 1.54) is 11.5 Å². The summed E-state index contributed by atoms with van der Waals surface area (Å²) in [4.78, 5) is 11.6. The molecule has 0 amide bonds. The van der Waals surface area contributed by atoms with Crippen molar-refractivity contribution in [1.82, 2.24) is 0 Å². The van der Waals surface area contributed by atoms with Gasteiger partial charge in [-0.1, -0.05) is 48.4 Å². The number of ether oxygens (including phenoxy) is 3. The number of rotatable bonds is 7. The molecule has 0 heterocycles. The number of esters is 1. The van der Waals surface area contributed by atoms with Gasteiger partial charge in [-0.25, -0.2) is 4.79 Å². The van der Waals surface area contributed by atoms with Crippen molar-refractivity contribution >= 4 is 45.4 Å². The lowest BCUT2D eigenvalue weighted by atomic mass is 10.1. The van der Waals surface area contributed by atoms with E-state index in [1.807, 2.05) is 30.3 Å². The van der Waals surface area contributed by atoms with Gasteiger partial charge in [-0.2, -0.15) is 0 Å². The summed E-state index contributed by atoms with van der Waals surface area (Å²) >= 11 is 2.19. The number of fused-ring (bicyclic) bond motifs is 1. The van der Waals surface area contributed by atoms with E-state index in [4.69, 9.17) is 20.6 Å². The number of carbonyl (C=O) groups excluding carboxylic acids is 1. The number of methoxy groups -OCH3 is 1. The highest BCUT2D eigenvalue weighted by atomic mass is 127. The molecule has 0 aromatic heterocycles. The fraction of sp³-hybridized carbons (Fsp3) is 0.125. The average molecular weight is 498 g/mol. The predicted molar refractivity (Wildman–Crippen MR) is 123 cm³/mol. The Morgan fingerprint density at radius 2 is 1.97 bits per heavy atom. The predicted octanol–water partition coefficient (Wildman–Crippen LogP) is 5.22. The third-order valence-electron chi connectivity index (χ3n) is 4.21. The second kappa shape index (κ2) is 9.99. The zero-order chi connectivity index (χ0) is 20.6. The van der Waals surface area contributed by atoms with Crippen molar-refractivity contribution in [1.29, 1.82) is 0 Å². The van der Waals surface area contributed by atoms with Crippen LogP contribution >= 0.6 is 22.6 Å². The molecule has 5 heteroatoms. The molecule has 3 aromatic rings. The van der Waals surface area contributed by atoms with Crippen molar-refractivity contribution in [3.63, 3.8) is 0 Å². The van der Waals surface area contributed by atoms with E-state index >= 15 is 0 Å². The molecule has 0 aliphatic heterocycles. The van der Waals surface area contributed by atoms with Crippen LogP contribution in [-0.2, 0) is 16.1 Å². The van der Waals surface area contributed by atoms with Crippen LogP contribution in [0.25, 0.3) is 16.8 Å². The maximum Gasteiger partial charge on any atom is 0.331 e. The van der Waals surface area contributed by atoms with Gasteiger partial charge in [0.15, 0.2) is 18.1 Å². The van der Waals surface area contributed by atoms with E-state index in [2.05, 4.69) is 52.8 Å². The molecule has 0 aliphatic carbocycles. The zero-order valence-electron chi connectivity index (χ0n) is 15.9. The average Bonchev–Trinajstić information content (AvgIpc) is 2.75. The van der Waals surface area contributed by atoms with E-state index in [9.17, 15) is 4.79 Å². The van der Waals surface area contributed by atoms with Gasteiger partial charge in [-0.05, 0) is 62.7 Å². The normalized spacial score (nSPS) is 10.7. The molecule has 0 fully saturated rings. The Balaban J connectivity index is 1.80. The van der Waals surface area contributed by atoms with Crippen LogP contribution in [0.4, 0.5) is 0 Å². The summed E-state index contributed by atoms with van der Waals surface area (Å²) < 4.78 is 17.3. The molecule has 3 rings (SSSR count). The highest BCUT2D eigenvalue weighted by Crippen LogP contribution is 2.35. The minimum Gasteiger partial charge on any atom is -0.493 e. The zero-order valence-corrected chi connectivity index (χ0v) is 18.0. The van der Waals surface area contributed by atoms with Crippen LogP contribution in [0, 0.1) is 15.9 Å². The first-order valence-corrected chi connectivity index (χ1v) is 9.95. The first kappa shape index (κ1) is 20.7. The number of hydrogen-bond donors (Lipinski definition) is 0. The first-order chi connectivity index (χ1) is 14.1. The summed E-state index contributed by atoms with van der Waals surface area (Å²) in [5.41, 5.74) is 1.89. The molecule has 0 saturated heterocycles. The van der Waals surface area contributed by atoms with Crippen molar-refractivity contribution < 1.29 is 19.0 Å². The van der Waals surface area contributed by atoms with Gasteiger partial charge >= 0.3 is 5.97 Å². The molecular weight excluding hydrogens is 479 g/mol. The Morgan fingerprint density at radius 1 is 1.17 bits per heavy atom. The van der Waals surface area contributed by atoms with Crippen molar-refractivity contribution in [2.75, 3.05) is 13.7 Å². The van der Waals surface area contributed by atoms with Gasteiger partial charge in [0.25, 0.3) is 0 Å². The van der Waals surface area contributed by atoms with Crippen LogP contribution in [0.1, 0.15) is 11.1 Å². The van der Waals surface area contributed by atoms with Gasteiger partial charge in [0.1, 0.15) is 6.61 Å². The highest BCUT2D eigenvalue weighted by Gasteiger charge is 2.12. The Bertz CT molecular complexity index is 1090. The summed E-state index contributed by atoms with van der Waals surface area (Å²) in [6.45, 7) is 0.367. The maximum absolute atomic E-state index is 11.6. The molecule has 29 heavy (non-hydrogen) atoms. The lowest BCUT2D eigenvalue weighted by Gasteiger charge is -2.14. The quantitative estimate of drug-likeness (QED) is 0.194. The van der Waals surface area contributed by atoms with Gasteiger partial charge in [0, 0.05) is 6.08 Å². The van der Waals surface area contributed by atoms with Crippen molar-refractivity contribution in [2.24, 2.45) is 0 Å². The minimum atomic E-state index is -0.492. The Hall–Kier alpha value is -2.98. The van der Waals surface area contributed by atoms with Crippen LogP contribution < -0.4 is 9.47 Å². The molecule has 4 nitrogen and oxygen atoms in total. The summed E-state index contributed by atoms with van der Waals surface area (Å²) in [5.74, 6) is 3.01. The molecule has 0 unspecified atom stereocenters. The molecule has 0 atom stereocenters. The molecule has 3 aromatic carbocycles. The second-order valence-corrected chi connectivity index (χ2v) is 7.27.